The number of carboxylic acids is 2. The van der Waals surface area contributed by atoms with Gasteiger partial charge in [0.25, 0.3) is 0 Å². The van der Waals surface area contributed by atoms with Gasteiger partial charge >= 0.3 is 18.1 Å². The number of carboxylic acid groups (broad SMARTS) is 2. The van der Waals surface area contributed by atoms with Crippen molar-refractivity contribution in [2.45, 2.75) is 12.7 Å². The number of nitrogens with two attached hydrogens (primary N) is 1. The number of para-hydroxylation sites is 1. The van der Waals surface area contributed by atoms with E-state index in [-0.39, 0.29) is 40.5 Å². The van der Waals surface area contributed by atoms with Gasteiger partial charge in [-0.05, 0) is 48.0 Å². The number of benzene rings is 3. The van der Waals surface area contributed by atoms with Crippen molar-refractivity contribution in [1.29, 1.82) is 0 Å². The second-order valence-electron chi connectivity index (χ2n) is 6.63. The standard InChI is InChI=1S/C22H17F3N2O5/c23-22(24,25)13-6-8-19(32-18-4-2-1-3-14(18)20(28)29)17(10-13)27-16-7-5-12(11-26)9-15(16)21(30)31/h1-10,27H,11,26H2,(H,28,29)(H,30,31). The molecular formula is C22H17F3N2O5. The molecule has 0 bridgehead atoms. The molecule has 166 valence electrons. The fraction of sp³-hybridized carbons (Fsp3) is 0.0909. The molecule has 3 aromatic rings. The largest absolute Gasteiger partial charge is 0.478 e. The number of halogens is 3. The van der Waals surface area contributed by atoms with Crippen molar-refractivity contribution in [3.8, 4) is 11.5 Å². The lowest BCUT2D eigenvalue weighted by Gasteiger charge is -2.18. The van der Waals surface area contributed by atoms with Crippen molar-refractivity contribution in [2.75, 3.05) is 5.32 Å². The van der Waals surface area contributed by atoms with E-state index in [0.717, 1.165) is 18.2 Å². The normalized spacial score (nSPS) is 11.1. The van der Waals surface area contributed by atoms with Gasteiger partial charge in [0.1, 0.15) is 11.3 Å². The van der Waals surface area contributed by atoms with Crippen LogP contribution < -0.4 is 15.8 Å². The van der Waals surface area contributed by atoms with Crippen LogP contribution in [0.25, 0.3) is 0 Å². The Balaban J connectivity index is 2.10. The van der Waals surface area contributed by atoms with E-state index in [9.17, 15) is 33.0 Å². The zero-order valence-electron chi connectivity index (χ0n) is 16.3. The Kier molecular flexibility index (Phi) is 6.35. The Hall–Kier alpha value is -4.05. The highest BCUT2D eigenvalue weighted by molar-refractivity contribution is 5.96. The molecule has 7 nitrogen and oxygen atoms in total. The van der Waals surface area contributed by atoms with Crippen molar-refractivity contribution in [3.05, 3.63) is 82.9 Å². The number of rotatable bonds is 7. The number of alkyl halides is 3. The van der Waals surface area contributed by atoms with Gasteiger partial charge in [-0.3, -0.25) is 0 Å². The molecule has 0 fully saturated rings. The van der Waals surface area contributed by atoms with Crippen LogP contribution in [0.5, 0.6) is 11.5 Å². The summed E-state index contributed by atoms with van der Waals surface area (Å²) in [6.07, 6.45) is -4.67. The second-order valence-corrected chi connectivity index (χ2v) is 6.63. The lowest BCUT2D eigenvalue weighted by molar-refractivity contribution is -0.137. The predicted molar refractivity (Wildman–Crippen MR) is 109 cm³/mol. The van der Waals surface area contributed by atoms with Crippen molar-refractivity contribution >= 4 is 23.3 Å². The zero-order chi connectivity index (χ0) is 23.5. The van der Waals surface area contributed by atoms with Crippen LogP contribution in [0.2, 0.25) is 0 Å². The quantitative estimate of drug-likeness (QED) is 0.398. The third-order valence-corrected chi connectivity index (χ3v) is 4.46. The van der Waals surface area contributed by atoms with Crippen LogP contribution in [0.3, 0.4) is 0 Å². The SMILES string of the molecule is NCc1ccc(Nc2cc(C(F)(F)F)ccc2Oc2ccccc2C(=O)O)c(C(=O)O)c1. The number of carbonyl (C=O) groups is 2. The Morgan fingerprint density at radius 3 is 2.19 bits per heavy atom. The van der Waals surface area contributed by atoms with Crippen LogP contribution in [-0.4, -0.2) is 22.2 Å². The van der Waals surface area contributed by atoms with E-state index in [1.165, 1.54) is 42.5 Å². The maximum atomic E-state index is 13.3. The van der Waals surface area contributed by atoms with E-state index in [1.807, 2.05) is 0 Å². The van der Waals surface area contributed by atoms with Gasteiger partial charge in [-0.15, -0.1) is 0 Å². The maximum Gasteiger partial charge on any atom is 0.416 e. The van der Waals surface area contributed by atoms with Crippen molar-refractivity contribution < 1.29 is 37.7 Å². The van der Waals surface area contributed by atoms with E-state index in [0.29, 0.717) is 5.56 Å². The summed E-state index contributed by atoms with van der Waals surface area (Å²) >= 11 is 0. The first kappa shape index (κ1) is 22.6. The van der Waals surface area contributed by atoms with Gasteiger partial charge in [0, 0.05) is 6.54 Å². The first-order valence-electron chi connectivity index (χ1n) is 9.15. The summed E-state index contributed by atoms with van der Waals surface area (Å²) in [7, 11) is 0. The highest BCUT2D eigenvalue weighted by Crippen LogP contribution is 2.39. The predicted octanol–water partition coefficient (Wildman–Crippen LogP) is 5.10. The summed E-state index contributed by atoms with van der Waals surface area (Å²) in [5.41, 5.74) is 4.44. The summed E-state index contributed by atoms with van der Waals surface area (Å²) in [6, 6.07) is 12.4. The summed E-state index contributed by atoms with van der Waals surface area (Å²) in [6.45, 7) is 0.0739. The fourth-order valence-electron chi connectivity index (χ4n) is 2.89. The molecule has 0 heterocycles. The topological polar surface area (TPSA) is 122 Å². The van der Waals surface area contributed by atoms with Gasteiger partial charge < -0.3 is 26.0 Å². The van der Waals surface area contributed by atoms with Gasteiger partial charge in [0.2, 0.25) is 0 Å². The zero-order valence-corrected chi connectivity index (χ0v) is 16.3. The summed E-state index contributed by atoms with van der Waals surface area (Å²) in [4.78, 5) is 23.1. The third-order valence-electron chi connectivity index (χ3n) is 4.46. The van der Waals surface area contributed by atoms with Gasteiger partial charge in [-0.25, -0.2) is 9.59 Å². The Morgan fingerprint density at radius 2 is 1.56 bits per heavy atom. The molecule has 0 saturated heterocycles. The molecule has 0 radical (unpaired) electrons. The van der Waals surface area contributed by atoms with E-state index in [4.69, 9.17) is 10.5 Å². The van der Waals surface area contributed by atoms with Crippen LogP contribution in [0.15, 0.2) is 60.7 Å². The van der Waals surface area contributed by atoms with E-state index in [2.05, 4.69) is 5.32 Å². The molecule has 3 aromatic carbocycles. The Labute approximate surface area is 179 Å². The van der Waals surface area contributed by atoms with Crippen LogP contribution in [0.4, 0.5) is 24.5 Å². The summed E-state index contributed by atoms with van der Waals surface area (Å²) in [5, 5.41) is 21.5. The smallest absolute Gasteiger partial charge is 0.416 e. The van der Waals surface area contributed by atoms with Gasteiger partial charge in [0.15, 0.2) is 5.75 Å². The molecule has 5 N–H and O–H groups in total. The molecule has 0 unspecified atom stereocenters. The van der Waals surface area contributed by atoms with Crippen molar-refractivity contribution in [3.63, 3.8) is 0 Å². The lowest BCUT2D eigenvalue weighted by atomic mass is 10.1. The monoisotopic (exact) mass is 446 g/mol. The minimum absolute atomic E-state index is 0.00499. The van der Waals surface area contributed by atoms with E-state index >= 15 is 0 Å². The number of anilines is 2. The Morgan fingerprint density at radius 1 is 0.875 bits per heavy atom. The molecule has 0 amide bonds. The van der Waals surface area contributed by atoms with Crippen LogP contribution in [-0.2, 0) is 12.7 Å². The highest BCUT2D eigenvalue weighted by atomic mass is 19.4. The summed E-state index contributed by atoms with van der Waals surface area (Å²) < 4.78 is 45.5. The van der Waals surface area contributed by atoms with Crippen LogP contribution in [0.1, 0.15) is 31.8 Å². The minimum Gasteiger partial charge on any atom is -0.478 e. The molecule has 0 saturated carbocycles. The fourth-order valence-corrected chi connectivity index (χ4v) is 2.89. The first-order chi connectivity index (χ1) is 15.1. The second kappa shape index (κ2) is 8.98. The van der Waals surface area contributed by atoms with Crippen molar-refractivity contribution in [1.82, 2.24) is 0 Å². The average Bonchev–Trinajstić information content (AvgIpc) is 2.74. The molecular weight excluding hydrogens is 429 g/mol. The minimum atomic E-state index is -4.67. The number of aromatic carboxylic acids is 2. The number of nitrogens with one attached hydrogen (secondary N) is 1. The molecule has 0 aliphatic carbocycles. The highest BCUT2D eigenvalue weighted by Gasteiger charge is 2.31. The molecule has 0 aliphatic rings. The molecule has 3 rings (SSSR count). The number of hydrogen-bond donors (Lipinski definition) is 4. The van der Waals surface area contributed by atoms with Gasteiger partial charge in [0.05, 0.1) is 22.5 Å². The van der Waals surface area contributed by atoms with E-state index in [1.54, 1.807) is 0 Å². The number of ether oxygens (including phenoxy) is 1. The molecule has 0 aromatic heterocycles. The van der Waals surface area contributed by atoms with Crippen LogP contribution >= 0.6 is 0 Å². The third kappa shape index (κ3) is 4.98. The van der Waals surface area contributed by atoms with Gasteiger partial charge in [-0.2, -0.15) is 13.2 Å². The molecule has 10 heteroatoms. The average molecular weight is 446 g/mol. The molecule has 0 spiro atoms. The number of hydrogen-bond acceptors (Lipinski definition) is 5. The lowest BCUT2D eigenvalue weighted by Crippen LogP contribution is -2.09. The van der Waals surface area contributed by atoms with Crippen molar-refractivity contribution in [2.24, 2.45) is 5.73 Å². The summed E-state index contributed by atoms with van der Waals surface area (Å²) in [5.74, 6) is -2.83. The molecule has 0 atom stereocenters. The van der Waals surface area contributed by atoms with E-state index < -0.39 is 23.7 Å². The molecule has 32 heavy (non-hydrogen) atoms. The maximum absolute atomic E-state index is 13.3. The van der Waals surface area contributed by atoms with Gasteiger partial charge in [-0.1, -0.05) is 18.2 Å². The first-order valence-corrected chi connectivity index (χ1v) is 9.15. The van der Waals surface area contributed by atoms with Crippen LogP contribution in [0, 0.1) is 0 Å². The Bertz CT molecular complexity index is 1180. The molecule has 0 aliphatic heterocycles.